The lowest BCUT2D eigenvalue weighted by molar-refractivity contribution is -0.128. The van der Waals surface area contributed by atoms with Crippen LogP contribution < -0.4 is 0 Å². The van der Waals surface area contributed by atoms with Crippen molar-refractivity contribution in [1.82, 2.24) is 15.0 Å². The minimum absolute atomic E-state index is 0.0744. The zero-order valence-corrected chi connectivity index (χ0v) is 16.7. The van der Waals surface area contributed by atoms with Crippen molar-refractivity contribution in [2.75, 3.05) is 6.54 Å². The summed E-state index contributed by atoms with van der Waals surface area (Å²) in [6, 6.07) is 8.52. The Morgan fingerprint density at radius 1 is 1.25 bits per heavy atom. The molecule has 1 fully saturated rings. The van der Waals surface area contributed by atoms with Crippen LogP contribution in [0.2, 0.25) is 5.02 Å². The number of halogens is 4. The minimum Gasteiger partial charge on any atom is -0.339 e. The molecule has 0 bridgehead atoms. The Bertz CT molecular complexity index is 1060. The lowest BCUT2D eigenvalue weighted by Gasteiger charge is -2.17. The Kier molecular flexibility index (Phi) is 5.16. The predicted octanol–water partition coefficient (Wildman–Crippen LogP) is 4.95. The molecule has 5 nitrogen and oxygen atoms in total. The molecule has 0 spiro atoms. The zero-order valence-electron chi connectivity index (χ0n) is 14.3. The average Bonchev–Trinajstić information content (AvgIpc) is 3.27. The highest BCUT2D eigenvalue weighted by Gasteiger charge is 2.34. The lowest BCUT2D eigenvalue weighted by Crippen LogP contribution is -2.24. The molecule has 1 saturated heterocycles. The molecule has 1 aromatic heterocycles. The SMILES string of the molecule is O=C1CC(c2nc(-c3ccc(F)c(Br)c3)no2)CN1Cc1ccc(F)cc1Cl. The number of carbonyl (C=O) groups is 1. The number of amides is 1. The van der Waals surface area contributed by atoms with E-state index >= 15 is 0 Å². The highest BCUT2D eigenvalue weighted by atomic mass is 79.9. The van der Waals surface area contributed by atoms with E-state index in [2.05, 4.69) is 26.1 Å². The second-order valence-corrected chi connectivity index (χ2v) is 7.76. The summed E-state index contributed by atoms with van der Waals surface area (Å²) in [5.41, 5.74) is 1.27. The molecule has 1 unspecified atom stereocenters. The molecule has 1 atom stereocenters. The molecule has 1 aliphatic heterocycles. The standard InChI is InChI=1S/C19H13BrClF2N3O2/c20-14-5-10(2-4-16(14)23)18-24-19(28-25-18)12-6-17(27)26(9-12)8-11-1-3-13(22)7-15(11)21/h1-5,7,12H,6,8-9H2. The maximum atomic E-state index is 13.4. The van der Waals surface area contributed by atoms with E-state index in [0.29, 0.717) is 33.9 Å². The molecule has 2 heterocycles. The van der Waals surface area contributed by atoms with Crippen molar-refractivity contribution in [2.24, 2.45) is 0 Å². The van der Waals surface area contributed by atoms with Crippen molar-refractivity contribution in [3.8, 4) is 11.4 Å². The normalized spacial score (nSPS) is 16.8. The van der Waals surface area contributed by atoms with E-state index in [1.807, 2.05) is 0 Å². The number of carbonyl (C=O) groups excluding carboxylic acids is 1. The summed E-state index contributed by atoms with van der Waals surface area (Å²) in [6.07, 6.45) is 0.230. The molecule has 9 heteroatoms. The fourth-order valence-corrected chi connectivity index (χ4v) is 3.71. The van der Waals surface area contributed by atoms with Gasteiger partial charge in [0.05, 0.1) is 10.4 Å². The van der Waals surface area contributed by atoms with Gasteiger partial charge in [-0.3, -0.25) is 4.79 Å². The van der Waals surface area contributed by atoms with Gasteiger partial charge < -0.3 is 9.42 Å². The Morgan fingerprint density at radius 2 is 2.07 bits per heavy atom. The summed E-state index contributed by atoms with van der Waals surface area (Å²) < 4.78 is 32.2. The van der Waals surface area contributed by atoms with Crippen molar-refractivity contribution in [1.29, 1.82) is 0 Å². The van der Waals surface area contributed by atoms with E-state index in [0.717, 1.165) is 0 Å². The van der Waals surface area contributed by atoms with Crippen LogP contribution >= 0.6 is 27.5 Å². The van der Waals surface area contributed by atoms with E-state index in [9.17, 15) is 13.6 Å². The molecule has 3 aromatic rings. The van der Waals surface area contributed by atoms with Gasteiger partial charge in [0.25, 0.3) is 0 Å². The Morgan fingerprint density at radius 3 is 2.82 bits per heavy atom. The second-order valence-electron chi connectivity index (χ2n) is 6.50. The molecule has 144 valence electrons. The third kappa shape index (κ3) is 3.79. The number of aromatic nitrogens is 2. The summed E-state index contributed by atoms with van der Waals surface area (Å²) in [7, 11) is 0. The van der Waals surface area contributed by atoms with Gasteiger partial charge >= 0.3 is 0 Å². The first-order valence-electron chi connectivity index (χ1n) is 8.41. The smallest absolute Gasteiger partial charge is 0.232 e. The third-order valence-corrected chi connectivity index (χ3v) is 5.52. The maximum absolute atomic E-state index is 13.4. The zero-order chi connectivity index (χ0) is 19.8. The van der Waals surface area contributed by atoms with Crippen LogP contribution in [-0.2, 0) is 11.3 Å². The Hall–Kier alpha value is -2.32. The van der Waals surface area contributed by atoms with Gasteiger partial charge in [-0.15, -0.1) is 0 Å². The van der Waals surface area contributed by atoms with Crippen molar-refractivity contribution in [3.05, 3.63) is 69.0 Å². The maximum Gasteiger partial charge on any atom is 0.232 e. The highest BCUT2D eigenvalue weighted by Crippen LogP contribution is 2.31. The lowest BCUT2D eigenvalue weighted by atomic mass is 10.1. The van der Waals surface area contributed by atoms with Gasteiger partial charge in [0, 0.05) is 30.1 Å². The average molecular weight is 469 g/mol. The fraction of sp³-hybridized carbons (Fsp3) is 0.211. The molecule has 2 aromatic carbocycles. The molecular weight excluding hydrogens is 456 g/mol. The third-order valence-electron chi connectivity index (χ3n) is 4.56. The van der Waals surface area contributed by atoms with E-state index in [4.69, 9.17) is 16.1 Å². The van der Waals surface area contributed by atoms with E-state index in [1.54, 1.807) is 23.1 Å². The molecular formula is C19H13BrClF2N3O2. The molecule has 28 heavy (non-hydrogen) atoms. The minimum atomic E-state index is -0.426. The van der Waals surface area contributed by atoms with Gasteiger partial charge in [0.15, 0.2) is 0 Å². The van der Waals surface area contributed by atoms with Crippen LogP contribution in [0.5, 0.6) is 0 Å². The van der Waals surface area contributed by atoms with E-state index in [1.165, 1.54) is 18.2 Å². The predicted molar refractivity (Wildman–Crippen MR) is 102 cm³/mol. The molecule has 4 rings (SSSR count). The van der Waals surface area contributed by atoms with Crippen molar-refractivity contribution in [3.63, 3.8) is 0 Å². The van der Waals surface area contributed by atoms with Crippen LogP contribution in [0.25, 0.3) is 11.4 Å². The molecule has 0 radical (unpaired) electrons. The van der Waals surface area contributed by atoms with Crippen molar-refractivity contribution >= 4 is 33.4 Å². The summed E-state index contributed by atoms with van der Waals surface area (Å²) >= 11 is 9.18. The topological polar surface area (TPSA) is 59.2 Å². The van der Waals surface area contributed by atoms with Crippen molar-refractivity contribution < 1.29 is 18.1 Å². The molecule has 1 aliphatic rings. The fourth-order valence-electron chi connectivity index (χ4n) is 3.10. The Labute approximate surface area is 172 Å². The van der Waals surface area contributed by atoms with Gasteiger partial charge in [-0.2, -0.15) is 4.98 Å². The number of nitrogens with zero attached hydrogens (tertiary/aromatic N) is 3. The van der Waals surface area contributed by atoms with E-state index in [-0.39, 0.29) is 35.6 Å². The van der Waals surface area contributed by atoms with Gasteiger partial charge in [0.2, 0.25) is 17.6 Å². The van der Waals surface area contributed by atoms with Crippen LogP contribution in [0.4, 0.5) is 8.78 Å². The number of hydrogen-bond acceptors (Lipinski definition) is 4. The molecule has 0 aliphatic carbocycles. The second kappa shape index (κ2) is 7.60. The first kappa shape index (κ1) is 19.0. The van der Waals surface area contributed by atoms with Crippen LogP contribution in [0.15, 0.2) is 45.4 Å². The summed E-state index contributed by atoms with van der Waals surface area (Å²) in [4.78, 5) is 18.4. The van der Waals surface area contributed by atoms with Gasteiger partial charge in [-0.05, 0) is 51.8 Å². The van der Waals surface area contributed by atoms with Crippen LogP contribution in [0.1, 0.15) is 23.8 Å². The number of likely N-dealkylation sites (tertiary alicyclic amines) is 1. The number of hydrogen-bond donors (Lipinski definition) is 0. The van der Waals surface area contributed by atoms with Gasteiger partial charge in [-0.1, -0.05) is 22.8 Å². The molecule has 1 amide bonds. The quantitative estimate of drug-likeness (QED) is 0.544. The summed E-state index contributed by atoms with van der Waals surface area (Å²) in [5, 5.41) is 4.21. The monoisotopic (exact) mass is 467 g/mol. The number of rotatable bonds is 4. The summed E-state index contributed by atoms with van der Waals surface area (Å²) in [5.74, 6) is -0.472. The first-order valence-corrected chi connectivity index (χ1v) is 9.58. The first-order chi connectivity index (χ1) is 13.4. The largest absolute Gasteiger partial charge is 0.339 e. The number of benzene rings is 2. The van der Waals surface area contributed by atoms with Gasteiger partial charge in [-0.25, -0.2) is 8.78 Å². The van der Waals surface area contributed by atoms with Gasteiger partial charge in [0.1, 0.15) is 11.6 Å². The Balaban J connectivity index is 1.49. The van der Waals surface area contributed by atoms with Crippen LogP contribution in [0, 0.1) is 11.6 Å². The highest BCUT2D eigenvalue weighted by molar-refractivity contribution is 9.10. The summed E-state index contributed by atoms with van der Waals surface area (Å²) in [6.45, 7) is 0.668. The van der Waals surface area contributed by atoms with Crippen LogP contribution in [-0.4, -0.2) is 27.5 Å². The van der Waals surface area contributed by atoms with E-state index < -0.39 is 5.82 Å². The van der Waals surface area contributed by atoms with Crippen molar-refractivity contribution in [2.45, 2.75) is 18.9 Å². The van der Waals surface area contributed by atoms with Crippen LogP contribution in [0.3, 0.4) is 0 Å². The molecule has 0 saturated carbocycles. The molecule has 0 N–H and O–H groups in total.